The van der Waals surface area contributed by atoms with E-state index < -0.39 is 0 Å². The molecule has 5 nitrogen and oxygen atoms in total. The topological polar surface area (TPSA) is 64.5 Å². The second-order valence-electron chi connectivity index (χ2n) is 8.09. The Kier molecular flexibility index (Phi) is 11.8. The van der Waals surface area contributed by atoms with Crippen molar-refractivity contribution in [2.24, 2.45) is 0 Å². The molecule has 192 valence electrons. The van der Waals surface area contributed by atoms with E-state index in [1.165, 1.54) is 0 Å². The zero-order valence-electron chi connectivity index (χ0n) is 21.6. The molecule has 0 bridgehead atoms. The SMILES string of the molecule is Cc1ccnc(-c2[c-]cccc2)n1.Cc1ccnc(-c2[c-]cccc2)n1.[Ir+3].[c-]1ccccc1-c1ccccn1. The molecule has 0 atom stereocenters. The van der Waals surface area contributed by atoms with Crippen LogP contribution in [0.15, 0.2) is 122 Å². The van der Waals surface area contributed by atoms with Crippen LogP contribution in [-0.4, -0.2) is 24.9 Å². The number of hydrogen-bond donors (Lipinski definition) is 0. The molecule has 0 unspecified atom stereocenters. The molecule has 3 aromatic heterocycles. The third-order valence-electron chi connectivity index (χ3n) is 5.14. The van der Waals surface area contributed by atoms with Crippen molar-refractivity contribution >= 4 is 0 Å². The first-order valence-electron chi connectivity index (χ1n) is 12.1. The smallest absolute Gasteiger partial charge is 0.305 e. The van der Waals surface area contributed by atoms with Gasteiger partial charge in [0.2, 0.25) is 0 Å². The van der Waals surface area contributed by atoms with Gasteiger partial charge in [0.05, 0.1) is 11.6 Å². The molecule has 0 spiro atoms. The van der Waals surface area contributed by atoms with Gasteiger partial charge in [0, 0.05) is 30.0 Å². The van der Waals surface area contributed by atoms with E-state index in [9.17, 15) is 0 Å². The van der Waals surface area contributed by atoms with Crippen LogP contribution in [0.5, 0.6) is 0 Å². The van der Waals surface area contributed by atoms with Gasteiger partial charge in [-0.2, -0.15) is 0 Å². The first-order chi connectivity index (χ1) is 18.7. The van der Waals surface area contributed by atoms with Crippen molar-refractivity contribution in [3.8, 4) is 34.0 Å². The molecular weight excluding hydrogens is 659 g/mol. The van der Waals surface area contributed by atoms with E-state index in [1.807, 2.05) is 117 Å². The quantitative estimate of drug-likeness (QED) is 0.187. The summed E-state index contributed by atoms with van der Waals surface area (Å²) in [5.41, 5.74) is 5.83. The van der Waals surface area contributed by atoms with Gasteiger partial charge in [-0.25, -0.2) is 0 Å². The van der Waals surface area contributed by atoms with Gasteiger partial charge in [-0.15, -0.1) is 108 Å². The first kappa shape index (κ1) is 29.2. The van der Waals surface area contributed by atoms with Crippen LogP contribution in [0.4, 0.5) is 0 Å². The Morgan fingerprint density at radius 2 is 0.923 bits per heavy atom. The minimum atomic E-state index is 0. The van der Waals surface area contributed by atoms with Gasteiger partial charge in [0.1, 0.15) is 0 Å². The maximum atomic E-state index is 4.30. The summed E-state index contributed by atoms with van der Waals surface area (Å²) < 4.78 is 0. The average Bonchev–Trinajstić information content (AvgIpc) is 3.00. The van der Waals surface area contributed by atoms with Crippen LogP contribution < -0.4 is 0 Å². The fourth-order valence-electron chi connectivity index (χ4n) is 3.30. The first-order valence-corrected chi connectivity index (χ1v) is 12.1. The minimum Gasteiger partial charge on any atom is -0.305 e. The molecule has 3 aromatic carbocycles. The Hall–Kier alpha value is -4.38. The Morgan fingerprint density at radius 1 is 0.462 bits per heavy atom. The average molecular weight is 685 g/mol. The molecule has 0 saturated carbocycles. The Labute approximate surface area is 243 Å². The molecular formula is C33H26IrN5. The molecule has 6 aromatic rings. The number of aromatic nitrogens is 5. The maximum absolute atomic E-state index is 4.30. The van der Waals surface area contributed by atoms with Gasteiger partial charge in [0.25, 0.3) is 0 Å². The second kappa shape index (κ2) is 15.8. The summed E-state index contributed by atoms with van der Waals surface area (Å²) >= 11 is 0. The summed E-state index contributed by atoms with van der Waals surface area (Å²) in [7, 11) is 0. The van der Waals surface area contributed by atoms with E-state index in [0.29, 0.717) is 0 Å². The van der Waals surface area contributed by atoms with Crippen LogP contribution in [0.3, 0.4) is 0 Å². The molecule has 6 rings (SSSR count). The Balaban J connectivity index is 0.000000160. The monoisotopic (exact) mass is 685 g/mol. The zero-order valence-corrected chi connectivity index (χ0v) is 24.0. The van der Waals surface area contributed by atoms with Crippen molar-refractivity contribution < 1.29 is 20.1 Å². The summed E-state index contributed by atoms with van der Waals surface area (Å²) in [6.45, 7) is 3.90. The van der Waals surface area contributed by atoms with Crippen molar-refractivity contribution in [3.63, 3.8) is 0 Å². The predicted molar refractivity (Wildman–Crippen MR) is 151 cm³/mol. The number of pyridine rings is 1. The Bertz CT molecular complexity index is 1400. The van der Waals surface area contributed by atoms with Gasteiger partial charge in [-0.1, -0.05) is 12.1 Å². The predicted octanol–water partition coefficient (Wildman–Crippen LogP) is 7.05. The molecule has 0 radical (unpaired) electrons. The fraction of sp³-hybridized carbons (Fsp3) is 0.0606. The molecule has 6 heteroatoms. The van der Waals surface area contributed by atoms with Crippen LogP contribution in [0, 0.1) is 32.0 Å². The normalized spacial score (nSPS) is 9.59. The molecule has 0 fully saturated rings. The van der Waals surface area contributed by atoms with Crippen molar-refractivity contribution in [3.05, 3.63) is 151 Å². The fourth-order valence-corrected chi connectivity index (χ4v) is 3.30. The molecule has 0 amide bonds. The minimum absolute atomic E-state index is 0. The van der Waals surface area contributed by atoms with Crippen molar-refractivity contribution in [1.82, 2.24) is 24.9 Å². The van der Waals surface area contributed by atoms with E-state index in [4.69, 9.17) is 0 Å². The molecule has 0 saturated heterocycles. The standard InChI is InChI=1S/2C11H9N2.C11H8N.Ir/c2*1-9-7-8-12-11(13-9)10-5-3-2-4-6-10;1-2-6-10(7-3-1)11-8-4-5-9-12-11;/h2*2-5,7-8H,1H3;1-6,8-9H;/q3*-1;+3. The summed E-state index contributed by atoms with van der Waals surface area (Å²) in [6.07, 6.45) is 5.31. The molecule has 0 N–H and O–H groups in total. The van der Waals surface area contributed by atoms with Crippen LogP contribution in [0.2, 0.25) is 0 Å². The van der Waals surface area contributed by atoms with Gasteiger partial charge in [-0.05, 0) is 37.7 Å². The van der Waals surface area contributed by atoms with E-state index in [0.717, 1.165) is 45.4 Å². The van der Waals surface area contributed by atoms with E-state index in [-0.39, 0.29) is 20.1 Å². The van der Waals surface area contributed by atoms with E-state index >= 15 is 0 Å². The van der Waals surface area contributed by atoms with E-state index in [2.05, 4.69) is 43.1 Å². The van der Waals surface area contributed by atoms with Gasteiger partial charge >= 0.3 is 20.1 Å². The number of nitrogens with zero attached hydrogens (tertiary/aromatic N) is 5. The number of rotatable bonds is 3. The summed E-state index contributed by atoms with van der Waals surface area (Å²) in [6, 6.07) is 42.2. The molecule has 0 aliphatic heterocycles. The van der Waals surface area contributed by atoms with Crippen LogP contribution >= 0.6 is 0 Å². The van der Waals surface area contributed by atoms with E-state index in [1.54, 1.807) is 18.6 Å². The van der Waals surface area contributed by atoms with Gasteiger partial charge in [0.15, 0.2) is 0 Å². The van der Waals surface area contributed by atoms with Crippen molar-refractivity contribution in [1.29, 1.82) is 0 Å². The number of benzene rings is 3. The van der Waals surface area contributed by atoms with Crippen LogP contribution in [0.25, 0.3) is 34.0 Å². The molecule has 0 aliphatic carbocycles. The largest absolute Gasteiger partial charge is 3.00 e. The van der Waals surface area contributed by atoms with Gasteiger partial charge < -0.3 is 4.98 Å². The van der Waals surface area contributed by atoms with Crippen LogP contribution in [0.1, 0.15) is 11.4 Å². The molecule has 3 heterocycles. The second-order valence-corrected chi connectivity index (χ2v) is 8.09. The van der Waals surface area contributed by atoms with Crippen molar-refractivity contribution in [2.75, 3.05) is 0 Å². The maximum Gasteiger partial charge on any atom is 3.00 e. The summed E-state index contributed by atoms with van der Waals surface area (Å²) in [5.74, 6) is 1.47. The van der Waals surface area contributed by atoms with Crippen molar-refractivity contribution in [2.45, 2.75) is 13.8 Å². The zero-order chi connectivity index (χ0) is 26.4. The summed E-state index contributed by atoms with van der Waals surface area (Å²) in [5, 5.41) is 0. The van der Waals surface area contributed by atoms with Gasteiger partial charge in [-0.3, -0.25) is 19.9 Å². The molecule has 39 heavy (non-hydrogen) atoms. The third kappa shape index (κ3) is 9.46. The Morgan fingerprint density at radius 3 is 1.31 bits per heavy atom. The van der Waals surface area contributed by atoms with Crippen LogP contribution in [-0.2, 0) is 20.1 Å². The number of hydrogen-bond acceptors (Lipinski definition) is 5. The molecule has 0 aliphatic rings. The number of aryl methyl sites for hydroxylation is 2. The summed E-state index contributed by atoms with van der Waals surface area (Å²) in [4.78, 5) is 21.2. The third-order valence-corrected chi connectivity index (χ3v) is 5.14.